The van der Waals surface area contributed by atoms with E-state index in [4.69, 9.17) is 9.47 Å². The molecular formula is C23H21N2O5S+. The van der Waals surface area contributed by atoms with E-state index in [1.54, 1.807) is 72.8 Å². The Labute approximate surface area is 180 Å². The summed E-state index contributed by atoms with van der Waals surface area (Å²) in [6.07, 6.45) is 0. The van der Waals surface area contributed by atoms with Gasteiger partial charge in [0.25, 0.3) is 15.7 Å². The molecule has 7 nitrogen and oxygen atoms in total. The van der Waals surface area contributed by atoms with Crippen LogP contribution in [0.4, 0.5) is 5.69 Å². The molecule has 4 aromatic rings. The van der Waals surface area contributed by atoms with Gasteiger partial charge in [0.1, 0.15) is 11.5 Å². The van der Waals surface area contributed by atoms with E-state index in [1.165, 1.54) is 25.2 Å². The standard InChI is InChI=1S/C23H21N2O5S/c1-24(26)22-15-18(30-3)11-12-20(22)23-13-16-9-10-17(29-2)14-21(16)25(23)31(27,28)19-7-5-4-6-8-19/h4-15H,1-3H3/q+1. The topological polar surface area (TPSA) is 77.6 Å². The first-order chi connectivity index (χ1) is 14.9. The van der Waals surface area contributed by atoms with E-state index in [0.29, 0.717) is 44.1 Å². The highest BCUT2D eigenvalue weighted by molar-refractivity contribution is 7.90. The third kappa shape index (κ3) is 3.55. The summed E-state index contributed by atoms with van der Waals surface area (Å²) in [5.41, 5.74) is 1.58. The van der Waals surface area contributed by atoms with Crippen molar-refractivity contribution in [2.24, 2.45) is 0 Å². The SMILES string of the molecule is COc1ccc(-c2cc3ccc(OC)cc3n2S(=O)(=O)c2ccccc2)c([N+](C)=O)c1. The Hall–Kier alpha value is -3.65. The fourth-order valence-electron chi connectivity index (χ4n) is 3.54. The van der Waals surface area contributed by atoms with Crippen molar-refractivity contribution in [2.45, 2.75) is 4.90 Å². The number of nitroso groups, excluding NO2 is 1. The summed E-state index contributed by atoms with van der Waals surface area (Å²) >= 11 is 0. The van der Waals surface area contributed by atoms with Crippen molar-refractivity contribution in [3.8, 4) is 22.8 Å². The Balaban J connectivity index is 2.11. The molecule has 0 saturated heterocycles. The number of methoxy groups -OCH3 is 2. The highest BCUT2D eigenvalue weighted by Crippen LogP contribution is 2.39. The highest BCUT2D eigenvalue weighted by atomic mass is 32.2. The first kappa shape index (κ1) is 20.6. The van der Waals surface area contributed by atoms with Crippen molar-refractivity contribution in [3.05, 3.63) is 77.7 Å². The predicted octanol–water partition coefficient (Wildman–Crippen LogP) is 4.60. The lowest BCUT2D eigenvalue weighted by atomic mass is 10.1. The van der Waals surface area contributed by atoms with Gasteiger partial charge < -0.3 is 9.47 Å². The molecule has 0 radical (unpaired) electrons. The number of rotatable bonds is 6. The minimum atomic E-state index is -3.97. The average Bonchev–Trinajstić information content (AvgIpc) is 3.18. The van der Waals surface area contributed by atoms with Crippen LogP contribution in [0.2, 0.25) is 0 Å². The zero-order valence-corrected chi connectivity index (χ0v) is 18.1. The Morgan fingerprint density at radius 3 is 2.13 bits per heavy atom. The maximum Gasteiger partial charge on any atom is 0.268 e. The van der Waals surface area contributed by atoms with Crippen molar-refractivity contribution >= 4 is 26.6 Å². The molecule has 1 heterocycles. The highest BCUT2D eigenvalue weighted by Gasteiger charge is 2.28. The molecule has 31 heavy (non-hydrogen) atoms. The fourth-order valence-corrected chi connectivity index (χ4v) is 5.08. The lowest BCUT2D eigenvalue weighted by molar-refractivity contribution is -0.427. The van der Waals surface area contributed by atoms with Crippen molar-refractivity contribution < 1.29 is 22.7 Å². The Kier molecular flexibility index (Phi) is 5.24. The van der Waals surface area contributed by atoms with Gasteiger partial charge in [-0.05, 0) is 42.5 Å². The second-order valence-electron chi connectivity index (χ2n) is 6.92. The average molecular weight is 437 g/mol. The molecule has 8 heteroatoms. The lowest BCUT2D eigenvalue weighted by Crippen LogP contribution is -2.14. The van der Waals surface area contributed by atoms with Crippen LogP contribution in [0.5, 0.6) is 11.5 Å². The number of aromatic nitrogens is 1. The summed E-state index contributed by atoms with van der Waals surface area (Å²) in [4.78, 5) is 12.5. The number of hydrogen-bond donors (Lipinski definition) is 0. The molecule has 0 atom stereocenters. The van der Waals surface area contributed by atoms with E-state index in [-0.39, 0.29) is 4.90 Å². The van der Waals surface area contributed by atoms with Gasteiger partial charge >= 0.3 is 0 Å². The van der Waals surface area contributed by atoms with Gasteiger partial charge in [-0.1, -0.05) is 18.2 Å². The summed E-state index contributed by atoms with van der Waals surface area (Å²) in [7, 11) is 0.416. The minimum absolute atomic E-state index is 0.141. The van der Waals surface area contributed by atoms with Gasteiger partial charge in [-0.25, -0.2) is 12.4 Å². The minimum Gasteiger partial charge on any atom is -0.497 e. The quantitative estimate of drug-likeness (QED) is 0.412. The molecule has 158 valence electrons. The maximum absolute atomic E-state index is 13.7. The zero-order valence-electron chi connectivity index (χ0n) is 17.3. The van der Waals surface area contributed by atoms with Crippen LogP contribution in [0.3, 0.4) is 0 Å². The van der Waals surface area contributed by atoms with Crippen LogP contribution in [-0.4, -0.2) is 38.4 Å². The number of benzene rings is 3. The molecule has 0 aliphatic heterocycles. The van der Waals surface area contributed by atoms with Crippen LogP contribution in [0.1, 0.15) is 0 Å². The molecular weight excluding hydrogens is 416 g/mol. The van der Waals surface area contributed by atoms with Crippen molar-refractivity contribution in [3.63, 3.8) is 0 Å². The largest absolute Gasteiger partial charge is 0.497 e. The van der Waals surface area contributed by atoms with E-state index < -0.39 is 10.0 Å². The second kappa shape index (κ2) is 7.88. The lowest BCUT2D eigenvalue weighted by Gasteiger charge is -2.13. The molecule has 0 N–H and O–H groups in total. The monoisotopic (exact) mass is 437 g/mol. The van der Waals surface area contributed by atoms with E-state index >= 15 is 0 Å². The van der Waals surface area contributed by atoms with Gasteiger partial charge in [-0.15, -0.1) is 0 Å². The predicted molar refractivity (Wildman–Crippen MR) is 119 cm³/mol. The second-order valence-corrected chi connectivity index (χ2v) is 8.70. The molecule has 3 aromatic carbocycles. The van der Waals surface area contributed by atoms with Crippen LogP contribution in [-0.2, 0) is 10.0 Å². The van der Waals surface area contributed by atoms with Gasteiger partial charge in [-0.2, -0.15) is 0 Å². The Bertz CT molecular complexity index is 1390. The summed E-state index contributed by atoms with van der Waals surface area (Å²) in [5.74, 6) is 1.02. The first-order valence-corrected chi connectivity index (χ1v) is 10.9. The van der Waals surface area contributed by atoms with Gasteiger partial charge in [0.15, 0.2) is 7.05 Å². The van der Waals surface area contributed by atoms with Crippen LogP contribution in [0.15, 0.2) is 77.7 Å². The fraction of sp³-hybridized carbons (Fsp3) is 0.130. The molecule has 0 saturated carbocycles. The third-order valence-electron chi connectivity index (χ3n) is 5.07. The zero-order chi connectivity index (χ0) is 22.2. The molecule has 4 rings (SSSR count). The van der Waals surface area contributed by atoms with Crippen LogP contribution in [0.25, 0.3) is 22.2 Å². The summed E-state index contributed by atoms with van der Waals surface area (Å²) in [5, 5.41) is 0.700. The third-order valence-corrected chi connectivity index (χ3v) is 6.81. The van der Waals surface area contributed by atoms with E-state index in [2.05, 4.69) is 0 Å². The molecule has 0 spiro atoms. The van der Waals surface area contributed by atoms with Gasteiger partial charge in [0, 0.05) is 21.1 Å². The molecule has 0 aliphatic carbocycles. The number of hydrogen-bond acceptors (Lipinski definition) is 5. The molecule has 0 unspecified atom stereocenters. The number of ether oxygens (including phenoxy) is 2. The molecule has 1 aromatic heterocycles. The van der Waals surface area contributed by atoms with Gasteiger partial charge in [-0.3, -0.25) is 0 Å². The van der Waals surface area contributed by atoms with E-state index in [0.717, 1.165) is 0 Å². The molecule has 0 amide bonds. The van der Waals surface area contributed by atoms with Gasteiger partial charge in [0.2, 0.25) is 0 Å². The molecule has 0 aliphatic rings. The number of fused-ring (bicyclic) bond motifs is 1. The van der Waals surface area contributed by atoms with Crippen LogP contribution >= 0.6 is 0 Å². The van der Waals surface area contributed by atoms with Gasteiger partial charge in [0.05, 0.1) is 42.0 Å². The normalized spacial score (nSPS) is 11.5. The molecule has 0 bridgehead atoms. The van der Waals surface area contributed by atoms with Crippen molar-refractivity contribution in [1.29, 1.82) is 0 Å². The molecule has 0 fully saturated rings. The summed E-state index contributed by atoms with van der Waals surface area (Å²) in [6.45, 7) is 0. The number of nitrogens with zero attached hydrogens (tertiary/aromatic N) is 2. The van der Waals surface area contributed by atoms with Crippen molar-refractivity contribution in [2.75, 3.05) is 21.3 Å². The summed E-state index contributed by atoms with van der Waals surface area (Å²) < 4.78 is 39.9. The van der Waals surface area contributed by atoms with E-state index in [9.17, 15) is 13.3 Å². The maximum atomic E-state index is 13.7. The first-order valence-electron chi connectivity index (χ1n) is 9.46. The summed E-state index contributed by atoms with van der Waals surface area (Å²) in [6, 6.07) is 20.1. The smallest absolute Gasteiger partial charge is 0.268 e. The van der Waals surface area contributed by atoms with E-state index in [1.807, 2.05) is 0 Å². The van der Waals surface area contributed by atoms with Crippen LogP contribution in [0, 0.1) is 4.91 Å². The van der Waals surface area contributed by atoms with Crippen molar-refractivity contribution in [1.82, 2.24) is 3.97 Å². The Morgan fingerprint density at radius 2 is 1.48 bits per heavy atom. The Morgan fingerprint density at radius 1 is 0.839 bits per heavy atom. The van der Waals surface area contributed by atoms with Crippen LogP contribution < -0.4 is 9.47 Å².